The molecular weight excluding hydrogens is 578 g/mol. The molecule has 1 atom stereocenters. The number of nitrogens with one attached hydrogen (secondary N) is 5. The SMILES string of the molecule is CCC(C)(C)COCC(C)(C)CNC(=O)C(CCCCNC(=O)Cc1ccc(CNC)cc1)NC(=O)Cc1ccc(CNC)cc1. The molecule has 0 aliphatic rings. The maximum atomic E-state index is 13.4. The molecule has 2 aromatic rings. The molecule has 3 amide bonds. The third-order valence-electron chi connectivity index (χ3n) is 8.11. The molecule has 9 nitrogen and oxygen atoms in total. The van der Waals surface area contributed by atoms with Crippen LogP contribution in [0.1, 0.15) is 82.6 Å². The van der Waals surface area contributed by atoms with E-state index in [-0.39, 0.29) is 35.0 Å². The number of hydrogen-bond donors (Lipinski definition) is 5. The van der Waals surface area contributed by atoms with Crippen LogP contribution < -0.4 is 26.6 Å². The summed E-state index contributed by atoms with van der Waals surface area (Å²) in [4.78, 5) is 38.9. The zero-order valence-corrected chi connectivity index (χ0v) is 29.3. The summed E-state index contributed by atoms with van der Waals surface area (Å²) in [6.07, 6.45) is 3.40. The third kappa shape index (κ3) is 15.8. The summed E-state index contributed by atoms with van der Waals surface area (Å²) in [5.41, 5.74) is 4.02. The van der Waals surface area contributed by atoms with Gasteiger partial charge in [0.05, 0.1) is 26.1 Å². The Morgan fingerprint density at radius 1 is 0.696 bits per heavy atom. The summed E-state index contributed by atoms with van der Waals surface area (Å²) in [5.74, 6) is -0.429. The molecule has 0 aromatic heterocycles. The highest BCUT2D eigenvalue weighted by molar-refractivity contribution is 5.88. The zero-order chi connectivity index (χ0) is 34.0. The Kier molecular flexibility index (Phi) is 17.0. The quantitative estimate of drug-likeness (QED) is 0.123. The van der Waals surface area contributed by atoms with Crippen LogP contribution in [0.2, 0.25) is 0 Å². The number of rotatable bonds is 22. The molecule has 46 heavy (non-hydrogen) atoms. The van der Waals surface area contributed by atoms with Gasteiger partial charge in [-0.1, -0.05) is 83.1 Å². The molecule has 2 rings (SSSR count). The summed E-state index contributed by atoms with van der Waals surface area (Å²) in [6.45, 7) is 14.3. The van der Waals surface area contributed by atoms with E-state index in [1.807, 2.05) is 62.6 Å². The van der Waals surface area contributed by atoms with Crippen molar-refractivity contribution < 1.29 is 19.1 Å². The minimum Gasteiger partial charge on any atom is -0.380 e. The molecule has 5 N–H and O–H groups in total. The van der Waals surface area contributed by atoms with Gasteiger partial charge in [-0.15, -0.1) is 0 Å². The van der Waals surface area contributed by atoms with Crippen molar-refractivity contribution in [1.29, 1.82) is 0 Å². The van der Waals surface area contributed by atoms with Crippen molar-refractivity contribution in [2.24, 2.45) is 10.8 Å². The van der Waals surface area contributed by atoms with Crippen molar-refractivity contribution in [1.82, 2.24) is 26.6 Å². The summed E-state index contributed by atoms with van der Waals surface area (Å²) < 4.78 is 6.00. The highest BCUT2D eigenvalue weighted by atomic mass is 16.5. The van der Waals surface area contributed by atoms with E-state index in [1.54, 1.807) is 0 Å². The molecular formula is C37H59N5O4. The molecule has 2 aromatic carbocycles. The van der Waals surface area contributed by atoms with Crippen LogP contribution in [0, 0.1) is 10.8 Å². The monoisotopic (exact) mass is 637 g/mol. The number of carbonyl (C=O) groups is 3. The highest BCUT2D eigenvalue weighted by Crippen LogP contribution is 2.22. The van der Waals surface area contributed by atoms with Crippen LogP contribution in [-0.4, -0.2) is 64.2 Å². The lowest BCUT2D eigenvalue weighted by molar-refractivity contribution is -0.129. The average Bonchev–Trinajstić information content (AvgIpc) is 3.01. The Bertz CT molecular complexity index is 1200. The zero-order valence-electron chi connectivity index (χ0n) is 29.3. The number of hydrogen-bond acceptors (Lipinski definition) is 6. The second kappa shape index (κ2) is 20.1. The van der Waals surface area contributed by atoms with Gasteiger partial charge in [-0.05, 0) is 67.4 Å². The fraction of sp³-hybridized carbons (Fsp3) is 0.595. The maximum absolute atomic E-state index is 13.4. The van der Waals surface area contributed by atoms with E-state index in [1.165, 1.54) is 5.56 Å². The van der Waals surface area contributed by atoms with Crippen LogP contribution in [-0.2, 0) is 45.1 Å². The van der Waals surface area contributed by atoms with Gasteiger partial charge in [0, 0.05) is 31.6 Å². The Labute approximate surface area is 277 Å². The number of carbonyl (C=O) groups excluding carboxylic acids is 3. The standard InChI is InChI=1S/C37H59N5O4/c1-8-36(2,3)26-46-27-37(4,5)25-41-35(45)32(42-34(44)22-29-14-18-31(19-15-29)24-39-7)11-9-10-20-40-33(43)21-28-12-16-30(17-13-28)23-38-6/h12-19,32,38-39H,8-11,20-27H2,1-7H3,(H,40,43)(H,41,45)(H,42,44). The number of benzene rings is 2. The van der Waals surface area contributed by atoms with Gasteiger partial charge in [0.15, 0.2) is 0 Å². The molecule has 0 heterocycles. The fourth-order valence-electron chi connectivity index (χ4n) is 4.81. The first kappa shape index (κ1) is 38.9. The van der Waals surface area contributed by atoms with Gasteiger partial charge in [0.2, 0.25) is 17.7 Å². The Balaban J connectivity index is 1.90. The molecule has 256 valence electrons. The molecule has 0 aliphatic carbocycles. The molecule has 0 aliphatic heterocycles. The van der Waals surface area contributed by atoms with Crippen LogP contribution in [0.4, 0.5) is 0 Å². The van der Waals surface area contributed by atoms with E-state index in [0.29, 0.717) is 52.0 Å². The molecule has 0 saturated heterocycles. The van der Waals surface area contributed by atoms with Crippen molar-refractivity contribution in [2.45, 2.75) is 92.3 Å². The van der Waals surface area contributed by atoms with Crippen molar-refractivity contribution in [3.05, 3.63) is 70.8 Å². The average molecular weight is 638 g/mol. The normalized spacial score (nSPS) is 12.4. The molecule has 9 heteroatoms. The molecule has 1 unspecified atom stereocenters. The van der Waals surface area contributed by atoms with Gasteiger partial charge in [0.25, 0.3) is 0 Å². The Hall–Kier alpha value is -3.27. The van der Waals surface area contributed by atoms with Gasteiger partial charge >= 0.3 is 0 Å². The number of unbranched alkanes of at least 4 members (excludes halogenated alkanes) is 1. The summed E-state index contributed by atoms with van der Waals surface area (Å²) >= 11 is 0. The first-order chi connectivity index (χ1) is 21.9. The van der Waals surface area contributed by atoms with Crippen LogP contribution in [0.15, 0.2) is 48.5 Å². The van der Waals surface area contributed by atoms with Gasteiger partial charge in [-0.3, -0.25) is 14.4 Å². The van der Waals surface area contributed by atoms with E-state index in [4.69, 9.17) is 4.74 Å². The first-order valence-electron chi connectivity index (χ1n) is 16.7. The maximum Gasteiger partial charge on any atom is 0.242 e. The van der Waals surface area contributed by atoms with E-state index in [2.05, 4.69) is 61.2 Å². The van der Waals surface area contributed by atoms with E-state index < -0.39 is 6.04 Å². The Morgan fingerprint density at radius 2 is 1.20 bits per heavy atom. The largest absolute Gasteiger partial charge is 0.380 e. The smallest absolute Gasteiger partial charge is 0.242 e. The predicted molar refractivity (Wildman–Crippen MR) is 186 cm³/mol. The third-order valence-corrected chi connectivity index (χ3v) is 8.11. The Morgan fingerprint density at radius 3 is 1.72 bits per heavy atom. The van der Waals surface area contributed by atoms with Gasteiger partial charge in [-0.25, -0.2) is 0 Å². The summed E-state index contributed by atoms with van der Waals surface area (Å²) in [6, 6.07) is 15.2. The lowest BCUT2D eigenvalue weighted by Gasteiger charge is -2.29. The molecule has 0 fully saturated rings. The predicted octanol–water partition coefficient (Wildman–Crippen LogP) is 4.28. The van der Waals surface area contributed by atoms with E-state index in [9.17, 15) is 14.4 Å². The number of ether oxygens (including phenoxy) is 1. The van der Waals surface area contributed by atoms with Gasteiger partial charge in [-0.2, -0.15) is 0 Å². The van der Waals surface area contributed by atoms with Crippen LogP contribution in [0.25, 0.3) is 0 Å². The van der Waals surface area contributed by atoms with Crippen molar-refractivity contribution in [3.63, 3.8) is 0 Å². The lowest BCUT2D eigenvalue weighted by Crippen LogP contribution is -2.49. The van der Waals surface area contributed by atoms with Crippen molar-refractivity contribution >= 4 is 17.7 Å². The molecule has 0 spiro atoms. The minimum atomic E-state index is -0.668. The van der Waals surface area contributed by atoms with Crippen LogP contribution in [0.5, 0.6) is 0 Å². The molecule has 0 saturated carbocycles. The molecule has 0 bridgehead atoms. The molecule has 0 radical (unpaired) electrons. The highest BCUT2D eigenvalue weighted by Gasteiger charge is 2.25. The van der Waals surface area contributed by atoms with Gasteiger partial charge in [0.1, 0.15) is 6.04 Å². The summed E-state index contributed by atoms with van der Waals surface area (Å²) in [7, 11) is 3.80. The van der Waals surface area contributed by atoms with Crippen LogP contribution in [0.3, 0.4) is 0 Å². The topological polar surface area (TPSA) is 121 Å². The fourth-order valence-corrected chi connectivity index (χ4v) is 4.81. The number of amides is 3. The van der Waals surface area contributed by atoms with Gasteiger partial charge < -0.3 is 31.3 Å². The van der Waals surface area contributed by atoms with Crippen molar-refractivity contribution in [3.8, 4) is 0 Å². The first-order valence-corrected chi connectivity index (χ1v) is 16.7. The van der Waals surface area contributed by atoms with Crippen LogP contribution >= 0.6 is 0 Å². The van der Waals surface area contributed by atoms with Crippen molar-refractivity contribution in [2.75, 3.05) is 40.4 Å². The second-order valence-corrected chi connectivity index (χ2v) is 13.9. The summed E-state index contributed by atoms with van der Waals surface area (Å²) in [5, 5.41) is 15.3. The van der Waals surface area contributed by atoms with E-state index in [0.717, 1.165) is 36.2 Å². The second-order valence-electron chi connectivity index (χ2n) is 13.9. The van der Waals surface area contributed by atoms with E-state index >= 15 is 0 Å². The minimum absolute atomic E-state index is 0.0310. The lowest BCUT2D eigenvalue weighted by atomic mass is 9.91.